The van der Waals surface area contributed by atoms with Crippen molar-refractivity contribution in [2.75, 3.05) is 40.8 Å². The maximum absolute atomic E-state index is 5.20. The van der Waals surface area contributed by atoms with Gasteiger partial charge in [0.25, 0.3) is 0 Å². The highest BCUT2D eigenvalue weighted by molar-refractivity contribution is 6.04. The fourth-order valence-electron chi connectivity index (χ4n) is 7.27. The number of hydrogen-bond donors (Lipinski definition) is 0. The molecule has 0 atom stereocenters. The van der Waals surface area contributed by atoms with Crippen LogP contribution in [0.3, 0.4) is 0 Å². The van der Waals surface area contributed by atoms with Gasteiger partial charge in [0.2, 0.25) is 0 Å². The third-order valence-electron chi connectivity index (χ3n) is 9.87. The van der Waals surface area contributed by atoms with E-state index in [0.29, 0.717) is 0 Å². The van der Waals surface area contributed by atoms with E-state index in [4.69, 9.17) is 9.97 Å². The molecule has 8 heteroatoms. The zero-order chi connectivity index (χ0) is 34.5. The Morgan fingerprint density at radius 2 is 0.942 bits per heavy atom. The van der Waals surface area contributed by atoms with Crippen molar-refractivity contribution in [3.05, 3.63) is 156 Å². The molecule has 4 aromatic rings. The molecule has 8 heterocycles. The molecule has 9 rings (SSSR count). The van der Waals surface area contributed by atoms with Crippen LogP contribution >= 0.6 is 12.4 Å². The third-order valence-corrected chi connectivity index (χ3v) is 9.87. The Labute approximate surface area is 310 Å². The summed E-state index contributed by atoms with van der Waals surface area (Å²) >= 11 is 0. The molecule has 5 aliphatic rings. The van der Waals surface area contributed by atoms with Crippen LogP contribution in [-0.2, 0) is 0 Å². The topological polar surface area (TPSA) is 45.4 Å². The average Bonchev–Trinajstić information content (AvgIpc) is 3.94. The van der Waals surface area contributed by atoms with Gasteiger partial charge >= 0.3 is 0 Å². The molecule has 0 amide bonds. The van der Waals surface area contributed by atoms with Crippen molar-refractivity contribution in [2.24, 2.45) is 0 Å². The first-order valence-electron chi connectivity index (χ1n) is 17.5. The monoisotopic (exact) mass is 701 g/mol. The van der Waals surface area contributed by atoms with Gasteiger partial charge in [0.1, 0.15) is 0 Å². The van der Waals surface area contributed by atoms with Gasteiger partial charge < -0.3 is 23.8 Å². The van der Waals surface area contributed by atoms with Crippen molar-refractivity contribution in [2.45, 2.75) is 0 Å². The molecule has 52 heavy (non-hydrogen) atoms. The first kappa shape index (κ1) is 33.1. The lowest BCUT2D eigenvalue weighted by Crippen LogP contribution is -2.15. The average molecular weight is 702 g/mol. The highest BCUT2D eigenvalue weighted by atomic mass is 35.5. The van der Waals surface area contributed by atoms with Crippen LogP contribution in [0.4, 0.5) is 0 Å². The Hall–Kier alpha value is -6.05. The lowest BCUT2D eigenvalue weighted by molar-refractivity contribution is 0.505. The van der Waals surface area contributed by atoms with Crippen molar-refractivity contribution in [1.29, 1.82) is 0 Å². The van der Waals surface area contributed by atoms with E-state index >= 15 is 0 Å². The number of rotatable bonds is 4. The molecule has 3 aromatic heterocycles. The molecule has 7 nitrogen and oxygen atoms in total. The van der Waals surface area contributed by atoms with Crippen molar-refractivity contribution in [3.63, 3.8) is 0 Å². The van der Waals surface area contributed by atoms with Gasteiger partial charge in [0, 0.05) is 80.5 Å². The summed E-state index contributed by atoms with van der Waals surface area (Å²) in [7, 11) is 6.34. The summed E-state index contributed by atoms with van der Waals surface area (Å²) in [6.45, 7) is 2.48. The summed E-state index contributed by atoms with van der Waals surface area (Å²) in [5.41, 5.74) is 14.9. The van der Waals surface area contributed by atoms with Gasteiger partial charge in [0.05, 0.1) is 33.8 Å². The number of aromatic nitrogens is 4. The van der Waals surface area contributed by atoms with Crippen molar-refractivity contribution in [1.82, 2.24) is 33.8 Å². The van der Waals surface area contributed by atoms with Crippen molar-refractivity contribution in [3.8, 4) is 5.69 Å². The van der Waals surface area contributed by atoms with E-state index in [9.17, 15) is 0 Å². The fraction of sp³-hybridized carbons (Fsp3) is 0.136. The van der Waals surface area contributed by atoms with E-state index in [-0.39, 0.29) is 12.4 Å². The number of likely N-dealkylation sites (N-methyl/N-ethyl adjacent to an activating group) is 3. The second-order valence-electron chi connectivity index (χ2n) is 13.6. The molecule has 258 valence electrons. The summed E-state index contributed by atoms with van der Waals surface area (Å²) in [6.07, 6.45) is 28.7. The maximum atomic E-state index is 5.20. The second-order valence-corrected chi connectivity index (χ2v) is 13.6. The zero-order valence-electron chi connectivity index (χ0n) is 29.5. The smallest absolute Gasteiger partial charge is 0.0658 e. The van der Waals surface area contributed by atoms with Crippen LogP contribution in [0.25, 0.3) is 68.9 Å². The van der Waals surface area contributed by atoms with Crippen LogP contribution in [0.2, 0.25) is 0 Å². The van der Waals surface area contributed by atoms with Gasteiger partial charge in [-0.05, 0) is 121 Å². The SMILES string of the molecule is CN1C=CC(c2c(C3=CCN(C)C=C3)c3cc4nc(cc5ccc(cc6nc(cc2n3C2=CCN(C)C=C2)C=C6)n5-c2ccccc2)C=C4)=CC1.Cl. The molecule has 0 unspecified atom stereocenters. The summed E-state index contributed by atoms with van der Waals surface area (Å²) in [4.78, 5) is 17.0. The zero-order valence-corrected chi connectivity index (χ0v) is 30.3. The molecule has 0 spiro atoms. The maximum Gasteiger partial charge on any atom is 0.0658 e. The Balaban J connectivity index is 0.00000387. The van der Waals surface area contributed by atoms with Gasteiger partial charge in [-0.15, -0.1) is 12.4 Å². The quantitative estimate of drug-likeness (QED) is 0.184. The summed E-state index contributed by atoms with van der Waals surface area (Å²) in [6, 6.07) is 23.7. The molecule has 0 fully saturated rings. The van der Waals surface area contributed by atoms with Crippen LogP contribution in [0.5, 0.6) is 0 Å². The standard InChI is InChI=1S/C44H39N7.ClH/c1-47-21-15-31(16-22-47)43-41-29-35-11-9-33(45-35)27-39-13-14-40(50(39)37-7-5-4-6-8-37)28-34-10-12-36(46-34)30-42(44(43)32-17-23-48(2)24-18-32)51(41)38-19-25-49(3)26-20-38;/h4-21,23,25,27-30H,22,24,26H2,1-3H3;1H. The minimum atomic E-state index is 0. The molecule has 1 aromatic carbocycles. The molecule has 5 aliphatic heterocycles. The van der Waals surface area contributed by atoms with Gasteiger partial charge in [-0.1, -0.05) is 30.4 Å². The fourth-order valence-corrected chi connectivity index (χ4v) is 7.27. The first-order valence-corrected chi connectivity index (χ1v) is 17.5. The number of allylic oxidation sites excluding steroid dienone is 6. The summed E-state index contributed by atoms with van der Waals surface area (Å²) < 4.78 is 4.69. The lowest BCUT2D eigenvalue weighted by atomic mass is 9.93. The van der Waals surface area contributed by atoms with Crippen molar-refractivity contribution >= 4 is 75.6 Å². The number of benzene rings is 1. The van der Waals surface area contributed by atoms with Crippen LogP contribution < -0.4 is 0 Å². The summed E-state index contributed by atoms with van der Waals surface area (Å²) in [5, 5.41) is 0. The van der Waals surface area contributed by atoms with Crippen LogP contribution in [0, 0.1) is 0 Å². The summed E-state index contributed by atoms with van der Waals surface area (Å²) in [5.74, 6) is 0. The molecule has 0 saturated carbocycles. The van der Waals surface area contributed by atoms with Gasteiger partial charge in [-0.2, -0.15) is 0 Å². The Morgan fingerprint density at radius 3 is 1.38 bits per heavy atom. The third kappa shape index (κ3) is 6.14. The predicted octanol–water partition coefficient (Wildman–Crippen LogP) is 9.00. The van der Waals surface area contributed by atoms with E-state index in [2.05, 4.69) is 191 Å². The van der Waals surface area contributed by atoms with Crippen LogP contribution in [0.1, 0.15) is 33.9 Å². The number of para-hydroxylation sites is 1. The molecule has 0 aliphatic carbocycles. The number of halogens is 1. The minimum absolute atomic E-state index is 0. The lowest BCUT2D eigenvalue weighted by Gasteiger charge is -2.20. The van der Waals surface area contributed by atoms with E-state index in [1.54, 1.807) is 0 Å². The largest absolute Gasteiger partial charge is 0.377 e. The molecular formula is C44H40ClN7. The van der Waals surface area contributed by atoms with Crippen molar-refractivity contribution < 1.29 is 0 Å². The van der Waals surface area contributed by atoms with Crippen LogP contribution in [0.15, 0.2) is 122 Å². The first-order chi connectivity index (χ1) is 25.0. The van der Waals surface area contributed by atoms with Gasteiger partial charge in [0.15, 0.2) is 0 Å². The highest BCUT2D eigenvalue weighted by Crippen LogP contribution is 2.41. The Bertz CT molecular complexity index is 2370. The highest BCUT2D eigenvalue weighted by Gasteiger charge is 2.25. The second kappa shape index (κ2) is 13.6. The number of fused-ring (bicyclic) bond motifs is 8. The molecular weight excluding hydrogens is 662 g/mol. The van der Waals surface area contributed by atoms with Gasteiger partial charge in [-0.3, -0.25) is 0 Å². The number of nitrogens with zero attached hydrogens (tertiary/aromatic N) is 7. The van der Waals surface area contributed by atoms with E-state index in [1.165, 1.54) is 22.3 Å². The minimum Gasteiger partial charge on any atom is -0.377 e. The molecule has 8 bridgehead atoms. The Kier molecular flexibility index (Phi) is 8.65. The Morgan fingerprint density at radius 1 is 0.481 bits per heavy atom. The van der Waals surface area contributed by atoms with E-state index in [1.807, 2.05) is 0 Å². The molecule has 0 saturated heterocycles. The molecule has 0 radical (unpaired) electrons. The van der Waals surface area contributed by atoms with E-state index < -0.39 is 0 Å². The van der Waals surface area contributed by atoms with Gasteiger partial charge in [-0.25, -0.2) is 9.97 Å². The van der Waals surface area contributed by atoms with E-state index in [0.717, 1.165) is 75.9 Å². The molecule has 0 N–H and O–H groups in total. The number of hydrogen-bond acceptors (Lipinski definition) is 5. The predicted molar refractivity (Wildman–Crippen MR) is 220 cm³/mol. The van der Waals surface area contributed by atoms with Crippen LogP contribution in [-0.4, -0.2) is 74.6 Å². The normalized spacial score (nSPS) is 16.2.